The summed E-state index contributed by atoms with van der Waals surface area (Å²) in [5.41, 5.74) is 3.38. The molecule has 5 heteroatoms. The Labute approximate surface area is 173 Å². The Morgan fingerprint density at radius 1 is 0.893 bits per heavy atom. The van der Waals surface area contributed by atoms with Crippen molar-refractivity contribution in [3.63, 3.8) is 0 Å². The molecule has 2 aromatic heterocycles. The molecule has 5 rings (SSSR count). The van der Waals surface area contributed by atoms with Gasteiger partial charge in [0.1, 0.15) is 0 Å². The van der Waals surface area contributed by atoms with E-state index in [2.05, 4.69) is 49.7 Å². The van der Waals surface area contributed by atoms with Gasteiger partial charge in [-0.05, 0) is 0 Å². The van der Waals surface area contributed by atoms with Crippen LogP contribution in [0.25, 0.3) is 22.2 Å². The predicted molar refractivity (Wildman–Crippen MR) is 112 cm³/mol. The summed E-state index contributed by atoms with van der Waals surface area (Å²) in [6.45, 7) is 0. The van der Waals surface area contributed by atoms with E-state index in [1.807, 2.05) is 42.5 Å². The first-order valence-electron chi connectivity index (χ1n) is 9.67. The number of benzene rings is 2. The van der Waals surface area contributed by atoms with Crippen LogP contribution >= 0.6 is 0 Å². The summed E-state index contributed by atoms with van der Waals surface area (Å²) in [6, 6.07) is 18.7. The molecule has 138 valence electrons. The summed E-state index contributed by atoms with van der Waals surface area (Å²) in [5, 5.41) is 1.13. The van der Waals surface area contributed by atoms with E-state index in [0.29, 0.717) is 6.04 Å². The van der Waals surface area contributed by atoms with Gasteiger partial charge in [0.25, 0.3) is 0 Å². The van der Waals surface area contributed by atoms with Gasteiger partial charge in [-0.1, -0.05) is 0 Å². The summed E-state index contributed by atoms with van der Waals surface area (Å²) in [6.07, 6.45) is 8.98. The van der Waals surface area contributed by atoms with Gasteiger partial charge >= 0.3 is 173 Å². The second-order valence-electron chi connectivity index (χ2n) is 7.22. The first-order chi connectivity index (χ1) is 13.8. The standard InChI is InChI=1S/C23H20AsN3O/c24-22-21-20(14-27(17-6-4-5-7-17)23(21)26-15-25-22)16-10-12-19(13-11-16)28-18-8-2-1-3-9-18/h1-3,8-15,17H,4-7H2. The van der Waals surface area contributed by atoms with E-state index in [9.17, 15) is 0 Å². The van der Waals surface area contributed by atoms with Gasteiger partial charge in [-0.3, -0.25) is 0 Å². The molecule has 28 heavy (non-hydrogen) atoms. The van der Waals surface area contributed by atoms with E-state index < -0.39 is 0 Å². The molecule has 0 aliphatic heterocycles. The van der Waals surface area contributed by atoms with E-state index in [1.165, 1.54) is 31.2 Å². The summed E-state index contributed by atoms with van der Waals surface area (Å²) in [4.78, 5) is 9.05. The monoisotopic (exact) mass is 429 g/mol. The van der Waals surface area contributed by atoms with Gasteiger partial charge in [0, 0.05) is 0 Å². The van der Waals surface area contributed by atoms with Gasteiger partial charge in [0.05, 0.1) is 0 Å². The molecule has 0 spiro atoms. The van der Waals surface area contributed by atoms with Crippen LogP contribution in [0.5, 0.6) is 11.5 Å². The Bertz CT molecular complexity index is 1100. The number of hydrogen-bond acceptors (Lipinski definition) is 3. The van der Waals surface area contributed by atoms with Crippen LogP contribution in [-0.4, -0.2) is 31.4 Å². The first-order valence-corrected chi connectivity index (χ1v) is 10.6. The molecule has 4 nitrogen and oxygen atoms in total. The molecule has 1 fully saturated rings. The second kappa shape index (κ2) is 7.44. The fraction of sp³-hybridized carbons (Fsp3) is 0.217. The molecule has 2 aromatic carbocycles. The fourth-order valence-corrected chi connectivity index (χ4v) is 4.65. The summed E-state index contributed by atoms with van der Waals surface area (Å²) < 4.78 is 9.27. The maximum atomic E-state index is 5.93. The van der Waals surface area contributed by atoms with Gasteiger partial charge in [-0.25, -0.2) is 0 Å². The number of hydrogen-bond donors (Lipinski definition) is 0. The van der Waals surface area contributed by atoms with Crippen molar-refractivity contribution in [3.05, 3.63) is 67.1 Å². The maximum absolute atomic E-state index is 5.93. The van der Waals surface area contributed by atoms with Crippen LogP contribution < -0.4 is 9.22 Å². The normalized spacial score (nSPS) is 14.6. The van der Waals surface area contributed by atoms with Crippen LogP contribution in [0.3, 0.4) is 0 Å². The molecule has 1 aliphatic carbocycles. The average Bonchev–Trinajstić information content (AvgIpc) is 3.38. The number of para-hydroxylation sites is 1. The minimum atomic E-state index is 0.540. The fourth-order valence-electron chi connectivity index (χ4n) is 4.08. The number of nitrogens with zero attached hydrogens (tertiary/aromatic N) is 3. The Kier molecular flexibility index (Phi) is 4.65. The number of ether oxygens (including phenoxy) is 1. The molecule has 0 saturated heterocycles. The molecular formula is C23H20AsN3O. The van der Waals surface area contributed by atoms with Crippen molar-refractivity contribution in [1.82, 2.24) is 14.5 Å². The van der Waals surface area contributed by atoms with Crippen LogP contribution in [0, 0.1) is 0 Å². The third-order valence-electron chi connectivity index (χ3n) is 5.45. The van der Waals surface area contributed by atoms with Gasteiger partial charge < -0.3 is 0 Å². The third-order valence-corrected chi connectivity index (χ3v) is 6.16. The Hall–Kier alpha value is -2.58. The molecule has 0 atom stereocenters. The quantitative estimate of drug-likeness (QED) is 0.438. The van der Waals surface area contributed by atoms with E-state index in [1.54, 1.807) is 6.33 Å². The molecule has 4 aromatic rings. The van der Waals surface area contributed by atoms with Crippen molar-refractivity contribution in [2.75, 3.05) is 0 Å². The Balaban J connectivity index is 1.53. The molecular weight excluding hydrogens is 409 g/mol. The molecule has 0 N–H and O–H groups in total. The Morgan fingerprint density at radius 3 is 2.36 bits per heavy atom. The van der Waals surface area contributed by atoms with Crippen LogP contribution in [0.15, 0.2) is 67.1 Å². The summed E-state index contributed by atoms with van der Waals surface area (Å²) in [7, 11) is 0. The predicted octanol–water partition coefficient (Wildman–Crippen LogP) is 4.80. The van der Waals surface area contributed by atoms with E-state index in [-0.39, 0.29) is 0 Å². The van der Waals surface area contributed by atoms with Crippen molar-refractivity contribution in [1.29, 1.82) is 0 Å². The molecule has 2 radical (unpaired) electrons. The van der Waals surface area contributed by atoms with Gasteiger partial charge in [0.15, 0.2) is 0 Å². The van der Waals surface area contributed by atoms with Crippen molar-refractivity contribution in [2.24, 2.45) is 0 Å². The topological polar surface area (TPSA) is 39.9 Å². The van der Waals surface area contributed by atoms with Crippen LogP contribution in [0.1, 0.15) is 31.7 Å². The minimum absolute atomic E-state index is 0.540. The molecule has 0 amide bonds. The van der Waals surface area contributed by atoms with Gasteiger partial charge in [0.2, 0.25) is 0 Å². The molecule has 1 saturated carbocycles. The third kappa shape index (κ3) is 3.22. The number of aromatic nitrogens is 3. The van der Waals surface area contributed by atoms with E-state index in [0.717, 1.165) is 32.6 Å². The molecule has 0 unspecified atom stereocenters. The van der Waals surface area contributed by atoms with Crippen molar-refractivity contribution in [2.45, 2.75) is 31.7 Å². The van der Waals surface area contributed by atoms with Crippen LogP contribution in [-0.2, 0) is 0 Å². The van der Waals surface area contributed by atoms with Crippen molar-refractivity contribution < 1.29 is 4.74 Å². The molecule has 1 aliphatic rings. The van der Waals surface area contributed by atoms with Crippen LogP contribution in [0.2, 0.25) is 0 Å². The number of fused-ring (bicyclic) bond motifs is 1. The zero-order valence-corrected chi connectivity index (χ0v) is 17.3. The zero-order valence-electron chi connectivity index (χ0n) is 15.5. The van der Waals surface area contributed by atoms with Crippen molar-refractivity contribution in [3.8, 4) is 22.6 Å². The number of rotatable bonds is 4. The molecule has 2 heterocycles. The SMILES string of the molecule is [As]c1ncnc2c1c(-c1ccc(Oc3ccccc3)cc1)cn2C1CCCC1. The second-order valence-corrected chi connectivity index (χ2v) is 8.11. The summed E-state index contributed by atoms with van der Waals surface area (Å²) in [5.74, 6) is 1.67. The van der Waals surface area contributed by atoms with E-state index in [4.69, 9.17) is 4.74 Å². The van der Waals surface area contributed by atoms with Crippen molar-refractivity contribution >= 4 is 32.4 Å². The van der Waals surface area contributed by atoms with Gasteiger partial charge in [-0.15, -0.1) is 0 Å². The Morgan fingerprint density at radius 2 is 1.61 bits per heavy atom. The van der Waals surface area contributed by atoms with E-state index >= 15 is 0 Å². The summed E-state index contributed by atoms with van der Waals surface area (Å²) >= 11 is 2.59. The van der Waals surface area contributed by atoms with Gasteiger partial charge in [-0.2, -0.15) is 0 Å². The molecule has 0 bridgehead atoms. The average molecular weight is 429 g/mol. The first kappa shape index (κ1) is 17.5. The zero-order chi connectivity index (χ0) is 18.9. The van der Waals surface area contributed by atoms with Crippen LogP contribution in [0.4, 0.5) is 0 Å².